The van der Waals surface area contributed by atoms with Crippen LogP contribution in [0.5, 0.6) is 0 Å². The molecule has 108 valence electrons. The molecule has 0 fully saturated rings. The molecule has 5 heteroatoms. The van der Waals surface area contributed by atoms with E-state index in [0.717, 1.165) is 36.2 Å². The zero-order valence-electron chi connectivity index (χ0n) is 11.9. The van der Waals surface area contributed by atoms with Crippen molar-refractivity contribution in [1.82, 2.24) is 9.80 Å². The average Bonchev–Trinajstić information content (AvgIpc) is 2.80. The molecule has 0 aromatic heterocycles. The molecule has 0 radical (unpaired) electrons. The first-order valence-corrected chi connectivity index (χ1v) is 7.64. The molecule has 4 nitrogen and oxygen atoms in total. The molecule has 20 heavy (non-hydrogen) atoms. The number of carbonyl (C=O) groups excluding carboxylic acids is 1. The number of anilines is 1. The molecule has 0 saturated carbocycles. The first-order chi connectivity index (χ1) is 9.61. The fraction of sp³-hybridized carbons (Fsp3) is 0.400. The number of hydrogen-bond donors (Lipinski definition) is 1. The number of nitrogens with zero attached hydrogens (tertiary/aromatic N) is 2. The summed E-state index contributed by atoms with van der Waals surface area (Å²) in [4.78, 5) is 16.5. The average molecular weight is 338 g/mol. The van der Waals surface area contributed by atoms with E-state index >= 15 is 0 Å². The third kappa shape index (κ3) is 3.54. The van der Waals surface area contributed by atoms with E-state index < -0.39 is 0 Å². The van der Waals surface area contributed by atoms with E-state index in [1.165, 1.54) is 0 Å². The summed E-state index contributed by atoms with van der Waals surface area (Å²) in [5.74, 6) is -0.0709. The number of hydrogen-bond acceptors (Lipinski definition) is 3. The van der Waals surface area contributed by atoms with Gasteiger partial charge >= 0.3 is 0 Å². The minimum Gasteiger partial charge on any atom is -0.358 e. The van der Waals surface area contributed by atoms with Crippen LogP contribution in [0.15, 0.2) is 40.6 Å². The number of para-hydroxylation sites is 1. The van der Waals surface area contributed by atoms with Crippen molar-refractivity contribution in [2.24, 2.45) is 0 Å². The van der Waals surface area contributed by atoms with Crippen LogP contribution in [-0.2, 0) is 4.79 Å². The molecule has 0 spiro atoms. The van der Waals surface area contributed by atoms with Crippen molar-refractivity contribution in [1.29, 1.82) is 0 Å². The van der Waals surface area contributed by atoms with Crippen molar-refractivity contribution in [2.45, 2.75) is 19.8 Å². The van der Waals surface area contributed by atoms with E-state index in [-0.39, 0.29) is 5.91 Å². The Bertz CT molecular complexity index is 516. The van der Waals surface area contributed by atoms with Crippen LogP contribution in [0.1, 0.15) is 19.8 Å². The predicted molar refractivity (Wildman–Crippen MR) is 85.1 cm³/mol. The van der Waals surface area contributed by atoms with E-state index in [1.807, 2.05) is 42.4 Å². The summed E-state index contributed by atoms with van der Waals surface area (Å²) < 4.78 is 0.887. The minimum absolute atomic E-state index is 0.0709. The summed E-state index contributed by atoms with van der Waals surface area (Å²) in [7, 11) is 1.94. The molecule has 0 unspecified atom stereocenters. The highest BCUT2D eigenvalue weighted by Crippen LogP contribution is 2.23. The van der Waals surface area contributed by atoms with Gasteiger partial charge in [0.1, 0.15) is 5.70 Å². The van der Waals surface area contributed by atoms with E-state index in [9.17, 15) is 4.79 Å². The Hall–Kier alpha value is -1.49. The Morgan fingerprint density at radius 2 is 2.15 bits per heavy atom. The number of unbranched alkanes of at least 4 members (excludes halogenated alkanes) is 1. The molecule has 0 aliphatic carbocycles. The standard InChI is InChI=1S/C15H20BrN3O/c1-3-4-9-19-10-14(18(2)11-19)15(20)17-13-8-6-5-7-12(13)16/h5-8,10H,3-4,9,11H2,1-2H3,(H,17,20). The van der Waals surface area contributed by atoms with Crippen LogP contribution in [0.2, 0.25) is 0 Å². The first-order valence-electron chi connectivity index (χ1n) is 6.84. The van der Waals surface area contributed by atoms with Gasteiger partial charge in [-0.3, -0.25) is 4.79 Å². The van der Waals surface area contributed by atoms with Gasteiger partial charge in [-0.1, -0.05) is 25.5 Å². The predicted octanol–water partition coefficient (Wildman–Crippen LogP) is 3.23. The van der Waals surface area contributed by atoms with Crippen LogP contribution in [-0.4, -0.2) is 36.0 Å². The smallest absolute Gasteiger partial charge is 0.273 e. The van der Waals surface area contributed by atoms with Crippen molar-refractivity contribution in [3.8, 4) is 0 Å². The Balaban J connectivity index is 2.03. The largest absolute Gasteiger partial charge is 0.358 e. The number of nitrogens with one attached hydrogen (secondary N) is 1. The number of rotatable bonds is 5. The first kappa shape index (κ1) is 14.9. The van der Waals surface area contributed by atoms with Crippen LogP contribution in [0, 0.1) is 0 Å². The summed E-state index contributed by atoms with van der Waals surface area (Å²) in [5, 5.41) is 2.94. The van der Waals surface area contributed by atoms with Gasteiger partial charge in [0.15, 0.2) is 0 Å². The van der Waals surface area contributed by atoms with Crippen LogP contribution >= 0.6 is 15.9 Å². The third-order valence-electron chi connectivity index (χ3n) is 3.26. The number of halogens is 1. The molecule has 1 aliphatic heterocycles. The number of likely N-dealkylation sites (N-methyl/N-ethyl adjacent to an activating group) is 1. The molecule has 1 amide bonds. The summed E-state index contributed by atoms with van der Waals surface area (Å²) in [6.45, 7) is 3.94. The van der Waals surface area contributed by atoms with Crippen molar-refractivity contribution >= 4 is 27.5 Å². The molecule has 1 aromatic carbocycles. The normalized spacial score (nSPS) is 14.4. The quantitative estimate of drug-likeness (QED) is 0.895. The van der Waals surface area contributed by atoms with E-state index in [2.05, 4.69) is 33.1 Å². The van der Waals surface area contributed by atoms with Gasteiger partial charge in [0.25, 0.3) is 5.91 Å². The Labute approximate surface area is 128 Å². The zero-order valence-corrected chi connectivity index (χ0v) is 13.5. The van der Waals surface area contributed by atoms with Gasteiger partial charge in [-0.05, 0) is 34.5 Å². The van der Waals surface area contributed by atoms with Crippen LogP contribution in [0.3, 0.4) is 0 Å². The minimum atomic E-state index is -0.0709. The zero-order chi connectivity index (χ0) is 14.5. The highest BCUT2D eigenvalue weighted by Gasteiger charge is 2.23. The van der Waals surface area contributed by atoms with Gasteiger partial charge in [0.2, 0.25) is 0 Å². The molecule has 0 saturated heterocycles. The SMILES string of the molecule is CCCCN1C=C(C(=O)Nc2ccccc2Br)N(C)C1. The van der Waals surface area contributed by atoms with Gasteiger partial charge < -0.3 is 15.1 Å². The molecule has 1 N–H and O–H groups in total. The molecule has 1 aliphatic rings. The molecule has 2 rings (SSSR count). The second-order valence-corrected chi connectivity index (χ2v) is 5.81. The monoisotopic (exact) mass is 337 g/mol. The van der Waals surface area contributed by atoms with Crippen molar-refractivity contribution in [3.63, 3.8) is 0 Å². The van der Waals surface area contributed by atoms with Gasteiger partial charge in [-0.25, -0.2) is 0 Å². The Morgan fingerprint density at radius 3 is 2.85 bits per heavy atom. The fourth-order valence-electron chi connectivity index (χ4n) is 2.14. The second kappa shape index (κ2) is 6.79. The van der Waals surface area contributed by atoms with Crippen molar-refractivity contribution < 1.29 is 4.79 Å². The summed E-state index contributed by atoms with van der Waals surface area (Å²) >= 11 is 3.44. The van der Waals surface area contributed by atoms with Gasteiger partial charge in [0.05, 0.1) is 12.4 Å². The topological polar surface area (TPSA) is 35.6 Å². The number of benzene rings is 1. The van der Waals surface area contributed by atoms with E-state index in [1.54, 1.807) is 0 Å². The molecule has 1 heterocycles. The molecule has 1 aromatic rings. The molecular formula is C15H20BrN3O. The third-order valence-corrected chi connectivity index (χ3v) is 3.95. The lowest BCUT2D eigenvalue weighted by Gasteiger charge is -2.18. The molecule has 0 atom stereocenters. The molecular weight excluding hydrogens is 318 g/mol. The van der Waals surface area contributed by atoms with Crippen molar-refractivity contribution in [3.05, 3.63) is 40.6 Å². The highest BCUT2D eigenvalue weighted by atomic mass is 79.9. The summed E-state index contributed by atoms with van der Waals surface area (Å²) in [6, 6.07) is 7.62. The fourth-order valence-corrected chi connectivity index (χ4v) is 2.52. The summed E-state index contributed by atoms with van der Waals surface area (Å²) in [5.41, 5.74) is 1.50. The van der Waals surface area contributed by atoms with Crippen LogP contribution in [0.25, 0.3) is 0 Å². The highest BCUT2D eigenvalue weighted by molar-refractivity contribution is 9.10. The van der Waals surface area contributed by atoms with E-state index in [4.69, 9.17) is 0 Å². The van der Waals surface area contributed by atoms with E-state index in [0.29, 0.717) is 5.70 Å². The van der Waals surface area contributed by atoms with Crippen LogP contribution in [0.4, 0.5) is 5.69 Å². The lowest BCUT2D eigenvalue weighted by Crippen LogP contribution is -2.28. The maximum atomic E-state index is 12.3. The van der Waals surface area contributed by atoms with Crippen LogP contribution < -0.4 is 5.32 Å². The second-order valence-electron chi connectivity index (χ2n) is 4.95. The molecule has 0 bridgehead atoms. The lowest BCUT2D eigenvalue weighted by atomic mass is 10.3. The summed E-state index contributed by atoms with van der Waals surface area (Å²) in [6.07, 6.45) is 4.25. The maximum Gasteiger partial charge on any atom is 0.273 e. The lowest BCUT2D eigenvalue weighted by molar-refractivity contribution is -0.114. The van der Waals surface area contributed by atoms with Crippen molar-refractivity contribution in [2.75, 3.05) is 25.6 Å². The van der Waals surface area contributed by atoms with Gasteiger partial charge in [0, 0.05) is 24.3 Å². The van der Waals surface area contributed by atoms with Gasteiger partial charge in [-0.2, -0.15) is 0 Å². The Morgan fingerprint density at radius 1 is 1.40 bits per heavy atom. The maximum absolute atomic E-state index is 12.3. The van der Waals surface area contributed by atoms with Gasteiger partial charge in [-0.15, -0.1) is 0 Å². The Kier molecular flexibility index (Phi) is 5.06. The number of amides is 1. The number of carbonyl (C=O) groups is 1.